The highest BCUT2D eigenvalue weighted by atomic mass is 19.1. The van der Waals surface area contributed by atoms with Gasteiger partial charge in [0.15, 0.2) is 12.3 Å². The standard InChI is InChI=1S/C24H21FN2O8/c1-32-19-18(35-23(30)15-10-6-3-7-11-15)17(13-33-22(29)14-8-4-2-5-9-14)34-21(19)27-12-16(25)20(28)26-24(27)31/h2-12,17-19,21H,13H2,1H3,(H,26,28,31)/t17-,18-,19-,21-/m1/s1. The highest BCUT2D eigenvalue weighted by molar-refractivity contribution is 5.90. The maximum absolute atomic E-state index is 14.0. The molecular weight excluding hydrogens is 463 g/mol. The van der Waals surface area contributed by atoms with Crippen LogP contribution in [-0.4, -0.2) is 53.5 Å². The van der Waals surface area contributed by atoms with E-state index in [2.05, 4.69) is 0 Å². The van der Waals surface area contributed by atoms with Crippen LogP contribution in [0.1, 0.15) is 26.9 Å². The summed E-state index contributed by atoms with van der Waals surface area (Å²) in [5.41, 5.74) is -1.61. The number of esters is 2. The number of halogens is 1. The van der Waals surface area contributed by atoms with Crippen LogP contribution in [0.5, 0.6) is 0 Å². The molecule has 4 rings (SSSR count). The molecule has 4 atom stereocenters. The minimum absolute atomic E-state index is 0.248. The van der Waals surface area contributed by atoms with Gasteiger partial charge in [-0.1, -0.05) is 36.4 Å². The third-order valence-corrected chi connectivity index (χ3v) is 5.40. The predicted molar refractivity (Wildman–Crippen MR) is 118 cm³/mol. The van der Waals surface area contributed by atoms with Crippen molar-refractivity contribution in [3.63, 3.8) is 0 Å². The molecule has 182 valence electrons. The monoisotopic (exact) mass is 484 g/mol. The molecule has 1 aromatic heterocycles. The first-order valence-electron chi connectivity index (χ1n) is 10.6. The van der Waals surface area contributed by atoms with Gasteiger partial charge in [-0.15, -0.1) is 0 Å². The highest BCUT2D eigenvalue weighted by Gasteiger charge is 2.49. The molecule has 35 heavy (non-hydrogen) atoms. The van der Waals surface area contributed by atoms with E-state index in [-0.39, 0.29) is 12.2 Å². The molecule has 0 radical (unpaired) electrons. The van der Waals surface area contributed by atoms with Crippen LogP contribution < -0.4 is 11.2 Å². The van der Waals surface area contributed by atoms with Crippen molar-refractivity contribution in [3.05, 3.63) is 105 Å². The maximum Gasteiger partial charge on any atom is 0.338 e. The smallest absolute Gasteiger partial charge is 0.338 e. The van der Waals surface area contributed by atoms with Gasteiger partial charge in [-0.3, -0.25) is 14.3 Å². The number of aromatic nitrogens is 2. The molecule has 2 aromatic carbocycles. The molecule has 0 amide bonds. The normalized spacial score (nSPS) is 21.4. The van der Waals surface area contributed by atoms with E-state index in [1.54, 1.807) is 60.7 Å². The van der Waals surface area contributed by atoms with E-state index in [1.165, 1.54) is 7.11 Å². The van der Waals surface area contributed by atoms with Crippen molar-refractivity contribution in [1.29, 1.82) is 0 Å². The summed E-state index contributed by atoms with van der Waals surface area (Å²) in [6.07, 6.45) is -3.96. The van der Waals surface area contributed by atoms with E-state index in [1.807, 2.05) is 4.98 Å². The lowest BCUT2D eigenvalue weighted by Crippen LogP contribution is -2.42. The molecule has 0 spiro atoms. The molecule has 0 saturated carbocycles. The SMILES string of the molecule is CO[C@@H]1[C@H](OC(=O)c2ccccc2)[C@@H](COC(=O)c2ccccc2)O[C@H]1n1cc(F)c(=O)[nH]c1=O. The average molecular weight is 484 g/mol. The Morgan fingerprint density at radius 1 is 0.971 bits per heavy atom. The van der Waals surface area contributed by atoms with Crippen LogP contribution in [0.15, 0.2) is 76.4 Å². The number of H-pyrrole nitrogens is 1. The molecule has 1 aliphatic heterocycles. The molecule has 11 heteroatoms. The molecule has 10 nitrogen and oxygen atoms in total. The molecular formula is C24H21FN2O8. The van der Waals surface area contributed by atoms with Crippen LogP contribution >= 0.6 is 0 Å². The number of benzene rings is 2. The van der Waals surface area contributed by atoms with Gasteiger partial charge in [-0.05, 0) is 24.3 Å². The summed E-state index contributed by atoms with van der Waals surface area (Å²) in [6, 6.07) is 16.3. The van der Waals surface area contributed by atoms with Gasteiger partial charge in [-0.25, -0.2) is 14.4 Å². The first kappa shape index (κ1) is 24.0. The summed E-state index contributed by atoms with van der Waals surface area (Å²) < 4.78 is 37.0. The molecule has 3 aromatic rings. The van der Waals surface area contributed by atoms with Gasteiger partial charge in [0.25, 0.3) is 5.56 Å². The van der Waals surface area contributed by atoms with Gasteiger partial charge < -0.3 is 18.9 Å². The number of nitrogens with one attached hydrogen (secondary N) is 1. The fourth-order valence-electron chi connectivity index (χ4n) is 3.69. The summed E-state index contributed by atoms with van der Waals surface area (Å²) in [4.78, 5) is 50.9. The van der Waals surface area contributed by atoms with Crippen molar-refractivity contribution in [2.24, 2.45) is 0 Å². The van der Waals surface area contributed by atoms with Crippen LogP contribution in [0.2, 0.25) is 0 Å². The van der Waals surface area contributed by atoms with Crippen LogP contribution in [0.3, 0.4) is 0 Å². The zero-order valence-electron chi connectivity index (χ0n) is 18.5. The first-order chi connectivity index (χ1) is 16.9. The van der Waals surface area contributed by atoms with Crippen molar-refractivity contribution in [3.8, 4) is 0 Å². The minimum atomic E-state index is -1.30. The van der Waals surface area contributed by atoms with Gasteiger partial charge >= 0.3 is 17.6 Å². The third kappa shape index (κ3) is 5.20. The quantitative estimate of drug-likeness (QED) is 0.502. The predicted octanol–water partition coefficient (Wildman–Crippen LogP) is 1.67. The number of hydrogen-bond donors (Lipinski definition) is 1. The largest absolute Gasteiger partial charge is 0.459 e. The lowest BCUT2D eigenvalue weighted by Gasteiger charge is -2.23. The number of methoxy groups -OCH3 is 1. The maximum atomic E-state index is 14.0. The molecule has 1 saturated heterocycles. The van der Waals surface area contributed by atoms with Crippen molar-refractivity contribution >= 4 is 11.9 Å². The van der Waals surface area contributed by atoms with E-state index in [4.69, 9.17) is 18.9 Å². The van der Waals surface area contributed by atoms with Crippen molar-refractivity contribution in [2.45, 2.75) is 24.5 Å². The second-order valence-electron chi connectivity index (χ2n) is 7.61. The molecule has 1 aliphatic rings. The zero-order valence-corrected chi connectivity index (χ0v) is 18.5. The Morgan fingerprint density at radius 2 is 1.57 bits per heavy atom. The molecule has 2 heterocycles. The Kier molecular flexibility index (Phi) is 7.18. The Labute approximate surface area is 197 Å². The van der Waals surface area contributed by atoms with Crippen LogP contribution in [0, 0.1) is 5.82 Å². The molecule has 1 fully saturated rings. The van der Waals surface area contributed by atoms with Crippen LogP contribution in [-0.2, 0) is 18.9 Å². The number of nitrogens with zero attached hydrogens (tertiary/aromatic N) is 1. The lowest BCUT2D eigenvalue weighted by atomic mass is 10.1. The van der Waals surface area contributed by atoms with Gasteiger partial charge in [0.05, 0.1) is 17.3 Å². The molecule has 0 aliphatic carbocycles. The van der Waals surface area contributed by atoms with E-state index >= 15 is 0 Å². The lowest BCUT2D eigenvalue weighted by molar-refractivity contribution is -0.0661. The van der Waals surface area contributed by atoms with Gasteiger partial charge in [0, 0.05) is 7.11 Å². The van der Waals surface area contributed by atoms with Crippen LogP contribution in [0.4, 0.5) is 4.39 Å². The average Bonchev–Trinajstić information content (AvgIpc) is 3.22. The second kappa shape index (κ2) is 10.5. The fraction of sp³-hybridized carbons (Fsp3) is 0.250. The Hall–Kier alpha value is -4.09. The van der Waals surface area contributed by atoms with E-state index < -0.39 is 53.5 Å². The number of carbonyl (C=O) groups excluding carboxylic acids is 2. The van der Waals surface area contributed by atoms with Gasteiger partial charge in [0.2, 0.25) is 5.82 Å². The molecule has 1 N–H and O–H groups in total. The Morgan fingerprint density at radius 3 is 2.17 bits per heavy atom. The van der Waals surface area contributed by atoms with Gasteiger partial charge in [0.1, 0.15) is 18.8 Å². The van der Waals surface area contributed by atoms with E-state index in [9.17, 15) is 23.6 Å². The second-order valence-corrected chi connectivity index (χ2v) is 7.61. The summed E-state index contributed by atoms with van der Waals surface area (Å²) in [7, 11) is 1.29. The number of hydrogen-bond acceptors (Lipinski definition) is 8. The fourth-order valence-corrected chi connectivity index (χ4v) is 3.69. The number of ether oxygens (including phenoxy) is 4. The van der Waals surface area contributed by atoms with Crippen molar-refractivity contribution in [2.75, 3.05) is 13.7 Å². The molecule has 0 bridgehead atoms. The van der Waals surface area contributed by atoms with Crippen molar-refractivity contribution < 1.29 is 32.9 Å². The number of rotatable bonds is 7. The summed E-state index contributed by atoms with van der Waals surface area (Å²) in [5.74, 6) is -2.58. The van der Waals surface area contributed by atoms with Gasteiger partial charge in [-0.2, -0.15) is 4.39 Å². The first-order valence-corrected chi connectivity index (χ1v) is 10.6. The zero-order chi connectivity index (χ0) is 24.9. The van der Waals surface area contributed by atoms with Crippen LogP contribution in [0.25, 0.3) is 0 Å². The van der Waals surface area contributed by atoms with E-state index in [0.29, 0.717) is 11.8 Å². The number of aromatic amines is 1. The Balaban J connectivity index is 1.62. The van der Waals surface area contributed by atoms with E-state index in [0.717, 1.165) is 4.57 Å². The summed E-state index contributed by atoms with van der Waals surface area (Å²) >= 11 is 0. The van der Waals surface area contributed by atoms with Crippen molar-refractivity contribution in [1.82, 2.24) is 9.55 Å². The third-order valence-electron chi connectivity index (χ3n) is 5.40. The topological polar surface area (TPSA) is 126 Å². The number of carbonyl (C=O) groups is 2. The summed E-state index contributed by atoms with van der Waals surface area (Å²) in [5, 5.41) is 0. The highest BCUT2D eigenvalue weighted by Crippen LogP contribution is 2.33. The Bertz CT molecular complexity index is 1310. The minimum Gasteiger partial charge on any atom is -0.459 e. The summed E-state index contributed by atoms with van der Waals surface area (Å²) in [6.45, 7) is -0.364. The molecule has 0 unspecified atom stereocenters.